The molecule has 0 saturated carbocycles. The molecule has 37 heavy (non-hydrogen) atoms. The summed E-state index contributed by atoms with van der Waals surface area (Å²) in [6.07, 6.45) is 0. The molecule has 0 unspecified atom stereocenters. The van der Waals surface area contributed by atoms with Crippen LogP contribution < -0.4 is 11.1 Å². The molecule has 7 aromatic rings. The van der Waals surface area contributed by atoms with Crippen molar-refractivity contribution in [2.75, 3.05) is 0 Å². The fraction of sp³-hybridized carbons (Fsp3) is 0. The molecule has 176 valence electrons. The van der Waals surface area contributed by atoms with Gasteiger partial charge in [-0.3, -0.25) is 0 Å². The zero-order valence-corrected chi connectivity index (χ0v) is 19.6. The van der Waals surface area contributed by atoms with Crippen LogP contribution in [0.15, 0.2) is 118 Å². The molecule has 5 nitrogen and oxygen atoms in total. The molecule has 5 aromatic carbocycles. The van der Waals surface area contributed by atoms with Crippen LogP contribution in [0.2, 0.25) is 0 Å². The quantitative estimate of drug-likeness (QED) is 0.202. The van der Waals surface area contributed by atoms with Crippen LogP contribution in [0.5, 0.6) is 0 Å². The predicted octanol–water partition coefficient (Wildman–Crippen LogP) is 5.39. The Labute approximate surface area is 211 Å². The van der Waals surface area contributed by atoms with E-state index in [1.807, 2.05) is 78.9 Å². The van der Waals surface area contributed by atoms with Crippen LogP contribution in [0.3, 0.4) is 0 Å². The molecule has 2 N–H and O–H groups in total. The lowest BCUT2D eigenvalue weighted by molar-refractivity contribution is 0.426. The maximum atomic E-state index is 13.1. The minimum atomic E-state index is -1.61. The standard InChI is InChI=1S/C31H20BNO4/c34-31-25-18-29-24(17-23(25)22-12-4-8-16-30(22)37-31)21-11-3-7-15-28(21)33(29)27-14-6-2-10-20(27)19-9-1-5-13-26(19)32(35)36/h1-18,35-36H. The highest BCUT2D eigenvalue weighted by molar-refractivity contribution is 6.60. The molecule has 7 rings (SSSR count). The predicted molar refractivity (Wildman–Crippen MR) is 150 cm³/mol. The van der Waals surface area contributed by atoms with E-state index in [9.17, 15) is 14.8 Å². The summed E-state index contributed by atoms with van der Waals surface area (Å²) in [6.45, 7) is 0. The van der Waals surface area contributed by atoms with E-state index in [-0.39, 0.29) is 5.63 Å². The van der Waals surface area contributed by atoms with E-state index in [4.69, 9.17) is 4.42 Å². The summed E-state index contributed by atoms with van der Waals surface area (Å²) in [6, 6.07) is 34.9. The second-order valence-electron chi connectivity index (χ2n) is 9.13. The van der Waals surface area contributed by atoms with E-state index in [2.05, 4.69) is 22.8 Å². The number of fused-ring (bicyclic) bond motifs is 6. The third-order valence-electron chi connectivity index (χ3n) is 7.09. The summed E-state index contributed by atoms with van der Waals surface area (Å²) in [5, 5.41) is 24.5. The minimum absolute atomic E-state index is 0.380. The number of hydrogen-bond acceptors (Lipinski definition) is 4. The van der Waals surface area contributed by atoms with Crippen molar-refractivity contribution in [3.63, 3.8) is 0 Å². The van der Waals surface area contributed by atoms with Crippen LogP contribution in [0.25, 0.3) is 60.4 Å². The van der Waals surface area contributed by atoms with Gasteiger partial charge in [-0.25, -0.2) is 4.79 Å². The van der Waals surface area contributed by atoms with Crippen molar-refractivity contribution in [2.45, 2.75) is 0 Å². The highest BCUT2D eigenvalue weighted by atomic mass is 16.4. The summed E-state index contributed by atoms with van der Waals surface area (Å²) in [5.74, 6) is 0. The molecule has 0 atom stereocenters. The highest BCUT2D eigenvalue weighted by Crippen LogP contribution is 2.38. The molecule has 0 aliphatic rings. The maximum Gasteiger partial charge on any atom is 0.489 e. The highest BCUT2D eigenvalue weighted by Gasteiger charge is 2.21. The molecule has 0 aliphatic carbocycles. The molecule has 2 aromatic heterocycles. The van der Waals surface area contributed by atoms with E-state index in [0.29, 0.717) is 16.4 Å². The average Bonchev–Trinajstić information content (AvgIpc) is 3.25. The zero-order chi connectivity index (χ0) is 25.1. The second kappa shape index (κ2) is 8.20. The van der Waals surface area contributed by atoms with Gasteiger partial charge in [0, 0.05) is 27.1 Å². The first kappa shape index (κ1) is 21.6. The maximum absolute atomic E-state index is 13.1. The molecular weight excluding hydrogens is 461 g/mol. The van der Waals surface area contributed by atoms with Crippen LogP contribution >= 0.6 is 0 Å². The second-order valence-corrected chi connectivity index (χ2v) is 9.13. The van der Waals surface area contributed by atoms with Crippen molar-refractivity contribution < 1.29 is 14.5 Å². The van der Waals surface area contributed by atoms with Gasteiger partial charge in [-0.1, -0.05) is 78.9 Å². The van der Waals surface area contributed by atoms with Crippen molar-refractivity contribution in [2.24, 2.45) is 0 Å². The molecule has 0 aliphatic heterocycles. The zero-order valence-electron chi connectivity index (χ0n) is 19.6. The molecule has 0 saturated heterocycles. The third-order valence-corrected chi connectivity index (χ3v) is 7.09. The smallest absolute Gasteiger partial charge is 0.423 e. The molecule has 2 heterocycles. The van der Waals surface area contributed by atoms with Crippen molar-refractivity contribution in [3.8, 4) is 16.8 Å². The van der Waals surface area contributed by atoms with E-state index in [1.54, 1.807) is 12.1 Å². The van der Waals surface area contributed by atoms with Crippen LogP contribution in [-0.4, -0.2) is 21.7 Å². The Hall–Kier alpha value is -4.65. The van der Waals surface area contributed by atoms with Gasteiger partial charge in [-0.05, 0) is 41.4 Å². The van der Waals surface area contributed by atoms with Gasteiger partial charge >= 0.3 is 12.7 Å². The summed E-state index contributed by atoms with van der Waals surface area (Å²) < 4.78 is 7.79. The molecule has 6 heteroatoms. The number of para-hydroxylation sites is 3. The Balaban J connectivity index is 1.64. The number of hydrogen-bond donors (Lipinski definition) is 2. The van der Waals surface area contributed by atoms with Gasteiger partial charge in [0.1, 0.15) is 5.58 Å². The Morgan fingerprint density at radius 3 is 2.11 bits per heavy atom. The normalized spacial score (nSPS) is 11.6. The largest absolute Gasteiger partial charge is 0.489 e. The summed E-state index contributed by atoms with van der Waals surface area (Å²) in [4.78, 5) is 13.1. The summed E-state index contributed by atoms with van der Waals surface area (Å²) >= 11 is 0. The Morgan fingerprint density at radius 2 is 1.27 bits per heavy atom. The van der Waals surface area contributed by atoms with Crippen molar-refractivity contribution in [1.82, 2.24) is 4.57 Å². The molecule has 0 spiro atoms. The first-order valence-corrected chi connectivity index (χ1v) is 12.1. The number of nitrogens with zero attached hydrogens (tertiary/aromatic N) is 1. The lowest BCUT2D eigenvalue weighted by atomic mass is 9.75. The van der Waals surface area contributed by atoms with Gasteiger partial charge in [0.25, 0.3) is 0 Å². The monoisotopic (exact) mass is 481 g/mol. The Kier molecular flexibility index (Phi) is 4.79. The molecule has 0 amide bonds. The van der Waals surface area contributed by atoms with Gasteiger partial charge < -0.3 is 19.0 Å². The molecule has 0 fully saturated rings. The lowest BCUT2D eigenvalue weighted by Gasteiger charge is -2.16. The van der Waals surface area contributed by atoms with Gasteiger partial charge in [-0.2, -0.15) is 0 Å². The average molecular weight is 481 g/mol. The van der Waals surface area contributed by atoms with E-state index >= 15 is 0 Å². The molecule has 0 bridgehead atoms. The minimum Gasteiger partial charge on any atom is -0.423 e. The van der Waals surface area contributed by atoms with E-state index < -0.39 is 7.12 Å². The van der Waals surface area contributed by atoms with Crippen LogP contribution in [0.1, 0.15) is 0 Å². The lowest BCUT2D eigenvalue weighted by Crippen LogP contribution is -2.31. The van der Waals surface area contributed by atoms with Gasteiger partial charge in [-0.15, -0.1) is 0 Å². The number of rotatable bonds is 3. The van der Waals surface area contributed by atoms with Crippen molar-refractivity contribution in [3.05, 3.63) is 120 Å². The molecule has 0 radical (unpaired) electrons. The van der Waals surface area contributed by atoms with Crippen LogP contribution in [0, 0.1) is 0 Å². The number of benzene rings is 5. The van der Waals surface area contributed by atoms with Gasteiger partial charge in [0.15, 0.2) is 0 Å². The van der Waals surface area contributed by atoms with E-state index in [1.165, 1.54) is 0 Å². The Morgan fingerprint density at radius 1 is 0.595 bits per heavy atom. The first-order chi connectivity index (χ1) is 18.1. The van der Waals surface area contributed by atoms with Crippen LogP contribution in [-0.2, 0) is 0 Å². The van der Waals surface area contributed by atoms with E-state index in [0.717, 1.165) is 49.4 Å². The summed E-state index contributed by atoms with van der Waals surface area (Å²) in [5.41, 5.74) is 4.90. The fourth-order valence-corrected chi connectivity index (χ4v) is 5.46. The third kappa shape index (κ3) is 3.24. The topological polar surface area (TPSA) is 75.6 Å². The Bertz CT molecular complexity index is 2060. The van der Waals surface area contributed by atoms with Gasteiger partial charge in [0.2, 0.25) is 0 Å². The first-order valence-electron chi connectivity index (χ1n) is 12.1. The number of aromatic nitrogens is 1. The SMILES string of the molecule is O=c1oc2ccccc2c2cc3c4ccccc4n(-c4ccccc4-c4ccccc4B(O)O)c3cc12. The van der Waals surface area contributed by atoms with Crippen molar-refractivity contribution >= 4 is 56.1 Å². The van der Waals surface area contributed by atoms with Crippen molar-refractivity contribution in [1.29, 1.82) is 0 Å². The summed E-state index contributed by atoms with van der Waals surface area (Å²) in [7, 11) is -1.61. The fourth-order valence-electron chi connectivity index (χ4n) is 5.46. The molecular formula is C31H20BNO4. The van der Waals surface area contributed by atoms with Crippen LogP contribution in [0.4, 0.5) is 0 Å². The van der Waals surface area contributed by atoms with Gasteiger partial charge in [0.05, 0.1) is 22.1 Å².